The van der Waals surface area contributed by atoms with E-state index in [9.17, 15) is 9.90 Å². The number of nitrogens with zero attached hydrogens (tertiary/aromatic N) is 1. The van der Waals surface area contributed by atoms with E-state index in [0.717, 1.165) is 5.56 Å². The monoisotopic (exact) mass is 220 g/mol. The van der Waals surface area contributed by atoms with Crippen molar-refractivity contribution in [3.63, 3.8) is 0 Å². The van der Waals surface area contributed by atoms with Gasteiger partial charge in [0.2, 0.25) is 0 Å². The Morgan fingerprint density at radius 3 is 2.56 bits per heavy atom. The minimum atomic E-state index is -1.35. The van der Waals surface area contributed by atoms with Gasteiger partial charge >= 0.3 is 6.09 Å². The second kappa shape index (κ2) is 5.73. The summed E-state index contributed by atoms with van der Waals surface area (Å²) in [5, 5.41) is 28.6. The fraction of sp³-hybridized carbons (Fsp3) is 0.273. The normalized spacial score (nSPS) is 13.5. The highest BCUT2D eigenvalue weighted by Gasteiger charge is 2.20. The molecule has 0 saturated carbocycles. The molecular formula is C11H12N2O3. The molecule has 0 bridgehead atoms. The summed E-state index contributed by atoms with van der Waals surface area (Å²) in [5.41, 5.74) is 0.857. The fourth-order valence-corrected chi connectivity index (χ4v) is 1.36. The summed E-state index contributed by atoms with van der Waals surface area (Å²) in [6.07, 6.45) is -2.33. The van der Waals surface area contributed by atoms with Crippen LogP contribution in [0.2, 0.25) is 0 Å². The van der Waals surface area contributed by atoms with Crippen LogP contribution in [0.1, 0.15) is 5.56 Å². The van der Waals surface area contributed by atoms with E-state index in [4.69, 9.17) is 10.4 Å². The molecule has 1 amide bonds. The Bertz CT molecular complexity index is 386. The van der Waals surface area contributed by atoms with Crippen LogP contribution in [0.15, 0.2) is 30.3 Å². The smallest absolute Gasteiger partial charge is 0.405 e. The van der Waals surface area contributed by atoms with E-state index >= 15 is 0 Å². The lowest BCUT2D eigenvalue weighted by Gasteiger charge is -2.17. The zero-order chi connectivity index (χ0) is 12.0. The summed E-state index contributed by atoms with van der Waals surface area (Å²) in [4.78, 5) is 10.5. The first-order valence-electron chi connectivity index (χ1n) is 4.74. The standard InChI is InChI=1S/C11H12N2O3/c12-7-10(14)9(13-11(15)16)6-8-4-2-1-3-5-8/h1-5,9-10,13-14H,6H2,(H,15,16). The van der Waals surface area contributed by atoms with Crippen molar-refractivity contribution < 1.29 is 15.0 Å². The van der Waals surface area contributed by atoms with Gasteiger partial charge in [-0.1, -0.05) is 30.3 Å². The minimum absolute atomic E-state index is 0.280. The number of carbonyl (C=O) groups is 1. The number of nitrogens with one attached hydrogen (secondary N) is 1. The van der Waals surface area contributed by atoms with Crippen molar-refractivity contribution in [2.24, 2.45) is 0 Å². The van der Waals surface area contributed by atoms with Gasteiger partial charge < -0.3 is 15.5 Å². The first-order chi connectivity index (χ1) is 7.63. The largest absolute Gasteiger partial charge is 0.465 e. The molecule has 0 heterocycles. The van der Waals surface area contributed by atoms with Crippen molar-refractivity contribution in [1.29, 1.82) is 5.26 Å². The van der Waals surface area contributed by atoms with E-state index in [1.165, 1.54) is 0 Å². The van der Waals surface area contributed by atoms with Gasteiger partial charge in [0.05, 0.1) is 12.1 Å². The number of benzene rings is 1. The molecule has 0 saturated heterocycles. The van der Waals surface area contributed by atoms with Gasteiger partial charge in [0.15, 0.2) is 6.10 Å². The van der Waals surface area contributed by atoms with Crippen molar-refractivity contribution in [2.45, 2.75) is 18.6 Å². The summed E-state index contributed by atoms with van der Waals surface area (Å²) < 4.78 is 0. The molecule has 1 aromatic carbocycles. The van der Waals surface area contributed by atoms with Crippen LogP contribution in [-0.4, -0.2) is 28.5 Å². The highest BCUT2D eigenvalue weighted by Crippen LogP contribution is 2.06. The molecule has 1 rings (SSSR count). The number of rotatable bonds is 4. The lowest BCUT2D eigenvalue weighted by Crippen LogP contribution is -2.43. The number of aliphatic hydroxyl groups excluding tert-OH is 1. The van der Waals surface area contributed by atoms with E-state index in [1.54, 1.807) is 18.2 Å². The van der Waals surface area contributed by atoms with Crippen molar-refractivity contribution in [2.75, 3.05) is 0 Å². The summed E-state index contributed by atoms with van der Waals surface area (Å²) >= 11 is 0. The molecule has 84 valence electrons. The molecule has 3 N–H and O–H groups in total. The zero-order valence-corrected chi connectivity index (χ0v) is 8.50. The molecule has 0 aliphatic carbocycles. The van der Waals surface area contributed by atoms with Gasteiger partial charge in [0.1, 0.15) is 0 Å². The summed E-state index contributed by atoms with van der Waals surface area (Å²) in [6, 6.07) is 9.88. The minimum Gasteiger partial charge on any atom is -0.465 e. The quantitative estimate of drug-likeness (QED) is 0.653. The van der Waals surface area contributed by atoms with Gasteiger partial charge in [-0.3, -0.25) is 0 Å². The molecule has 0 radical (unpaired) electrons. The molecule has 2 atom stereocenters. The van der Waals surface area contributed by atoms with E-state index in [2.05, 4.69) is 5.32 Å². The van der Waals surface area contributed by atoms with Crippen molar-refractivity contribution in [1.82, 2.24) is 5.32 Å². The Balaban J connectivity index is 2.71. The number of nitriles is 1. The Morgan fingerprint density at radius 2 is 2.06 bits per heavy atom. The van der Waals surface area contributed by atoms with Gasteiger partial charge in [0.25, 0.3) is 0 Å². The SMILES string of the molecule is N#CC(O)C(Cc1ccccc1)NC(=O)O. The highest BCUT2D eigenvalue weighted by atomic mass is 16.4. The zero-order valence-electron chi connectivity index (χ0n) is 8.50. The Morgan fingerprint density at radius 1 is 1.44 bits per heavy atom. The third-order valence-corrected chi connectivity index (χ3v) is 2.12. The van der Waals surface area contributed by atoms with Crippen molar-refractivity contribution in [3.05, 3.63) is 35.9 Å². The molecule has 5 heteroatoms. The molecule has 0 aliphatic rings. The van der Waals surface area contributed by atoms with E-state index < -0.39 is 18.2 Å². The summed E-state index contributed by atoms with van der Waals surface area (Å²) in [7, 11) is 0. The van der Waals surface area contributed by atoms with Crippen LogP contribution in [0.25, 0.3) is 0 Å². The summed E-state index contributed by atoms with van der Waals surface area (Å²) in [5.74, 6) is 0. The Labute approximate surface area is 92.9 Å². The topological polar surface area (TPSA) is 93.4 Å². The second-order valence-electron chi connectivity index (χ2n) is 3.32. The molecule has 16 heavy (non-hydrogen) atoms. The molecule has 0 fully saturated rings. The van der Waals surface area contributed by atoms with Crippen LogP contribution in [0.4, 0.5) is 4.79 Å². The van der Waals surface area contributed by atoms with E-state index in [1.807, 2.05) is 18.2 Å². The highest BCUT2D eigenvalue weighted by molar-refractivity contribution is 5.65. The first-order valence-corrected chi connectivity index (χ1v) is 4.74. The van der Waals surface area contributed by atoms with Gasteiger partial charge in [-0.05, 0) is 12.0 Å². The number of hydrogen-bond acceptors (Lipinski definition) is 3. The number of hydrogen-bond donors (Lipinski definition) is 3. The Kier molecular flexibility index (Phi) is 4.30. The van der Waals surface area contributed by atoms with Crippen LogP contribution >= 0.6 is 0 Å². The maximum absolute atomic E-state index is 10.5. The van der Waals surface area contributed by atoms with Crippen LogP contribution in [0.5, 0.6) is 0 Å². The van der Waals surface area contributed by atoms with Crippen LogP contribution in [0.3, 0.4) is 0 Å². The second-order valence-corrected chi connectivity index (χ2v) is 3.32. The van der Waals surface area contributed by atoms with E-state index in [0.29, 0.717) is 0 Å². The number of aliphatic hydroxyl groups is 1. The molecule has 0 spiro atoms. The third-order valence-electron chi connectivity index (χ3n) is 2.12. The van der Waals surface area contributed by atoms with Gasteiger partial charge in [-0.15, -0.1) is 0 Å². The first kappa shape index (κ1) is 12.0. The summed E-state index contributed by atoms with van der Waals surface area (Å²) in [6.45, 7) is 0. The predicted octanol–water partition coefficient (Wildman–Crippen LogP) is 0.750. The van der Waals surface area contributed by atoms with Gasteiger partial charge in [-0.2, -0.15) is 5.26 Å². The molecule has 5 nitrogen and oxygen atoms in total. The Hall–Kier alpha value is -2.06. The molecule has 2 unspecified atom stereocenters. The maximum Gasteiger partial charge on any atom is 0.405 e. The number of amides is 1. The maximum atomic E-state index is 10.5. The fourth-order valence-electron chi connectivity index (χ4n) is 1.36. The average Bonchev–Trinajstić information content (AvgIpc) is 2.28. The molecule has 0 aromatic heterocycles. The lowest BCUT2D eigenvalue weighted by molar-refractivity contribution is 0.154. The van der Waals surface area contributed by atoms with Crippen LogP contribution in [0, 0.1) is 11.3 Å². The van der Waals surface area contributed by atoms with Crippen molar-refractivity contribution in [3.8, 4) is 6.07 Å². The van der Waals surface area contributed by atoms with Gasteiger partial charge in [0, 0.05) is 0 Å². The lowest BCUT2D eigenvalue weighted by atomic mass is 10.0. The van der Waals surface area contributed by atoms with Crippen molar-refractivity contribution >= 4 is 6.09 Å². The van der Waals surface area contributed by atoms with Crippen LogP contribution in [-0.2, 0) is 6.42 Å². The molecular weight excluding hydrogens is 208 g/mol. The molecule has 1 aromatic rings. The predicted molar refractivity (Wildman–Crippen MR) is 56.7 cm³/mol. The van der Waals surface area contributed by atoms with Gasteiger partial charge in [-0.25, -0.2) is 4.79 Å². The average molecular weight is 220 g/mol. The van der Waals surface area contributed by atoms with Crippen LogP contribution < -0.4 is 5.32 Å². The number of carboxylic acid groups (broad SMARTS) is 1. The molecule has 0 aliphatic heterocycles. The van der Waals surface area contributed by atoms with E-state index in [-0.39, 0.29) is 6.42 Å². The third kappa shape index (κ3) is 3.59.